The van der Waals surface area contributed by atoms with Crippen molar-refractivity contribution in [1.82, 2.24) is 5.32 Å². The van der Waals surface area contributed by atoms with Gasteiger partial charge in [0.05, 0.1) is 12.0 Å². The Kier molecular flexibility index (Phi) is 3.28. The Bertz CT molecular complexity index is 752. The molecule has 132 valence electrons. The van der Waals surface area contributed by atoms with Gasteiger partial charge in [-0.15, -0.1) is 0 Å². The fraction of sp³-hybridized carbons (Fsp3) is 0.619. The van der Waals surface area contributed by atoms with Crippen molar-refractivity contribution in [2.45, 2.75) is 63.5 Å². The standard InChI is InChI=1S/C21H25NO3/c1-12-6-7-17-15(10-12)16(23)11-21(25-17)9-8-14-18(19(14)21)20(24)22-13-4-2-3-5-13/h6-7,10,13-14,18-19H,2-5,8-9,11H2,1H3,(H,22,24)/t14-,18+,19-,21+/m1/s1. The van der Waals surface area contributed by atoms with E-state index in [0.717, 1.165) is 31.2 Å². The first-order chi connectivity index (χ1) is 12.1. The number of aryl methyl sites for hydroxylation is 1. The van der Waals surface area contributed by atoms with Gasteiger partial charge in [0.15, 0.2) is 5.78 Å². The minimum absolute atomic E-state index is 0.0501. The quantitative estimate of drug-likeness (QED) is 0.898. The summed E-state index contributed by atoms with van der Waals surface area (Å²) in [5, 5.41) is 3.25. The maximum Gasteiger partial charge on any atom is 0.224 e. The van der Waals surface area contributed by atoms with E-state index in [1.54, 1.807) is 0 Å². The molecule has 1 aromatic rings. The van der Waals surface area contributed by atoms with Crippen LogP contribution >= 0.6 is 0 Å². The van der Waals surface area contributed by atoms with E-state index < -0.39 is 5.60 Å². The molecule has 1 heterocycles. The molecule has 1 aliphatic heterocycles. The average molecular weight is 339 g/mol. The summed E-state index contributed by atoms with van der Waals surface area (Å²) in [7, 11) is 0. The van der Waals surface area contributed by atoms with E-state index in [-0.39, 0.29) is 23.5 Å². The van der Waals surface area contributed by atoms with Crippen molar-refractivity contribution in [1.29, 1.82) is 0 Å². The molecule has 1 amide bonds. The summed E-state index contributed by atoms with van der Waals surface area (Å²) < 4.78 is 6.41. The third-order valence-corrected chi connectivity index (χ3v) is 6.89. The number of ether oxygens (including phenoxy) is 1. The third-order valence-electron chi connectivity index (χ3n) is 6.89. The first kappa shape index (κ1) is 15.4. The van der Waals surface area contributed by atoms with Gasteiger partial charge in [-0.2, -0.15) is 0 Å². The molecule has 4 aliphatic rings. The van der Waals surface area contributed by atoms with Crippen LogP contribution in [0.4, 0.5) is 0 Å². The lowest BCUT2D eigenvalue weighted by molar-refractivity contribution is -0.124. The lowest BCUT2D eigenvalue weighted by Gasteiger charge is -2.37. The molecule has 1 N–H and O–H groups in total. The molecule has 4 atom stereocenters. The molecule has 0 radical (unpaired) electrons. The summed E-state index contributed by atoms with van der Waals surface area (Å²) in [6.07, 6.45) is 7.00. The zero-order chi connectivity index (χ0) is 17.2. The monoisotopic (exact) mass is 339 g/mol. The van der Waals surface area contributed by atoms with Gasteiger partial charge in [-0.1, -0.05) is 24.5 Å². The normalized spacial score (nSPS) is 36.0. The number of amides is 1. The predicted molar refractivity (Wildman–Crippen MR) is 93.6 cm³/mol. The van der Waals surface area contributed by atoms with Gasteiger partial charge < -0.3 is 10.1 Å². The Morgan fingerprint density at radius 1 is 1.24 bits per heavy atom. The number of hydrogen-bond donors (Lipinski definition) is 1. The summed E-state index contributed by atoms with van der Waals surface area (Å²) in [6.45, 7) is 1.99. The fourth-order valence-corrected chi connectivity index (χ4v) is 5.65. The average Bonchev–Trinajstić information content (AvgIpc) is 2.91. The van der Waals surface area contributed by atoms with Crippen LogP contribution in [0, 0.1) is 24.7 Å². The number of carbonyl (C=O) groups excluding carboxylic acids is 2. The summed E-state index contributed by atoms with van der Waals surface area (Å²) in [5.74, 6) is 1.76. The van der Waals surface area contributed by atoms with Crippen molar-refractivity contribution in [3.63, 3.8) is 0 Å². The fourth-order valence-electron chi connectivity index (χ4n) is 5.65. The van der Waals surface area contributed by atoms with Gasteiger partial charge in [0.1, 0.15) is 11.4 Å². The van der Waals surface area contributed by atoms with Crippen LogP contribution in [0.3, 0.4) is 0 Å². The molecule has 1 aromatic carbocycles. The van der Waals surface area contributed by atoms with Crippen LogP contribution in [-0.2, 0) is 4.79 Å². The number of nitrogens with one attached hydrogen (secondary N) is 1. The molecule has 1 spiro atoms. The van der Waals surface area contributed by atoms with Crippen molar-refractivity contribution in [2.75, 3.05) is 0 Å². The van der Waals surface area contributed by atoms with E-state index in [1.165, 1.54) is 12.8 Å². The highest BCUT2D eigenvalue weighted by molar-refractivity contribution is 6.01. The van der Waals surface area contributed by atoms with Gasteiger partial charge in [0.25, 0.3) is 0 Å². The van der Waals surface area contributed by atoms with E-state index in [2.05, 4.69) is 5.32 Å². The lowest BCUT2D eigenvalue weighted by Crippen LogP contribution is -2.45. The van der Waals surface area contributed by atoms with Gasteiger partial charge in [-0.25, -0.2) is 0 Å². The van der Waals surface area contributed by atoms with E-state index in [4.69, 9.17) is 4.74 Å². The molecule has 3 aliphatic carbocycles. The summed E-state index contributed by atoms with van der Waals surface area (Å²) in [5.41, 5.74) is 1.35. The highest BCUT2D eigenvalue weighted by Gasteiger charge is 2.70. The Balaban J connectivity index is 1.36. The number of rotatable bonds is 2. The molecule has 3 saturated carbocycles. The number of benzene rings is 1. The molecule has 4 heteroatoms. The summed E-state index contributed by atoms with van der Waals surface area (Å²) >= 11 is 0. The van der Waals surface area contributed by atoms with Gasteiger partial charge in [0.2, 0.25) is 5.91 Å². The minimum Gasteiger partial charge on any atom is -0.486 e. The lowest BCUT2D eigenvalue weighted by atomic mass is 9.84. The Hall–Kier alpha value is -1.84. The van der Waals surface area contributed by atoms with Crippen molar-refractivity contribution in [3.8, 4) is 5.75 Å². The second kappa shape index (κ2) is 5.33. The number of ketones is 1. The van der Waals surface area contributed by atoms with Crippen LogP contribution in [0.5, 0.6) is 5.75 Å². The van der Waals surface area contributed by atoms with Gasteiger partial charge in [-0.3, -0.25) is 9.59 Å². The van der Waals surface area contributed by atoms with Gasteiger partial charge >= 0.3 is 0 Å². The summed E-state index contributed by atoms with van der Waals surface area (Å²) in [6, 6.07) is 6.21. The second-order valence-electron chi connectivity index (χ2n) is 8.51. The van der Waals surface area contributed by atoms with Crippen molar-refractivity contribution < 1.29 is 14.3 Å². The molecule has 0 unspecified atom stereocenters. The second-order valence-corrected chi connectivity index (χ2v) is 8.51. The van der Waals surface area contributed by atoms with Gasteiger partial charge in [0, 0.05) is 17.9 Å². The molecule has 25 heavy (non-hydrogen) atoms. The topological polar surface area (TPSA) is 55.4 Å². The number of Topliss-reactive ketones (excluding diaryl/α,β-unsaturated/α-hetero) is 1. The Morgan fingerprint density at radius 3 is 2.84 bits per heavy atom. The van der Waals surface area contributed by atoms with E-state index >= 15 is 0 Å². The predicted octanol–water partition coefficient (Wildman–Crippen LogP) is 3.41. The van der Waals surface area contributed by atoms with Crippen LogP contribution in [0.2, 0.25) is 0 Å². The van der Waals surface area contributed by atoms with Crippen molar-refractivity contribution in [2.24, 2.45) is 17.8 Å². The molecule has 5 rings (SSSR count). The van der Waals surface area contributed by atoms with Crippen LogP contribution in [0.15, 0.2) is 18.2 Å². The maximum absolute atomic E-state index is 12.7. The molecule has 0 bridgehead atoms. The zero-order valence-electron chi connectivity index (χ0n) is 14.7. The molecular formula is C21H25NO3. The molecule has 0 saturated heterocycles. The first-order valence-electron chi connectivity index (χ1n) is 9.71. The third kappa shape index (κ3) is 2.33. The smallest absolute Gasteiger partial charge is 0.224 e. The molecule has 3 fully saturated rings. The molecular weight excluding hydrogens is 314 g/mol. The highest BCUT2D eigenvalue weighted by atomic mass is 16.5. The van der Waals surface area contributed by atoms with E-state index in [9.17, 15) is 9.59 Å². The molecule has 4 nitrogen and oxygen atoms in total. The van der Waals surface area contributed by atoms with Crippen LogP contribution in [0.1, 0.15) is 60.9 Å². The van der Waals surface area contributed by atoms with Crippen LogP contribution in [-0.4, -0.2) is 23.3 Å². The zero-order valence-corrected chi connectivity index (χ0v) is 14.7. The SMILES string of the molecule is Cc1ccc2c(c1)C(=O)C[C@]1(CC[C@@H]3[C@H](C(=O)NC4CCCC4)[C@@H]31)O2. The summed E-state index contributed by atoms with van der Waals surface area (Å²) in [4.78, 5) is 25.5. The highest BCUT2D eigenvalue weighted by Crippen LogP contribution is 2.65. The largest absolute Gasteiger partial charge is 0.486 e. The Morgan fingerprint density at radius 2 is 2.04 bits per heavy atom. The van der Waals surface area contributed by atoms with Crippen molar-refractivity contribution >= 4 is 11.7 Å². The van der Waals surface area contributed by atoms with Crippen molar-refractivity contribution in [3.05, 3.63) is 29.3 Å². The van der Waals surface area contributed by atoms with Gasteiger partial charge in [-0.05, 0) is 50.7 Å². The number of fused-ring (bicyclic) bond motifs is 3. The maximum atomic E-state index is 12.7. The minimum atomic E-state index is -0.443. The van der Waals surface area contributed by atoms with E-state index in [0.29, 0.717) is 29.7 Å². The van der Waals surface area contributed by atoms with Crippen LogP contribution < -0.4 is 10.1 Å². The van der Waals surface area contributed by atoms with E-state index in [1.807, 2.05) is 25.1 Å². The van der Waals surface area contributed by atoms with Crippen LogP contribution in [0.25, 0.3) is 0 Å². The Labute approximate surface area is 148 Å². The number of carbonyl (C=O) groups is 2. The molecule has 0 aromatic heterocycles. The number of hydrogen-bond acceptors (Lipinski definition) is 3. The first-order valence-corrected chi connectivity index (χ1v) is 9.71.